The van der Waals surface area contributed by atoms with Crippen LogP contribution in [0, 0.1) is 5.41 Å². The third-order valence-corrected chi connectivity index (χ3v) is 3.26. The van der Waals surface area contributed by atoms with Gasteiger partial charge in [-0.1, -0.05) is 19.4 Å². The molecule has 0 radical (unpaired) electrons. The van der Waals surface area contributed by atoms with Crippen LogP contribution in [0.25, 0.3) is 0 Å². The molecule has 0 aromatic heterocycles. The van der Waals surface area contributed by atoms with Crippen molar-refractivity contribution < 1.29 is 4.74 Å². The SMILES string of the molecule is COCCC(C)(C)CNCC(C)=C1CNC1. The van der Waals surface area contributed by atoms with Gasteiger partial charge in [0.05, 0.1) is 0 Å². The summed E-state index contributed by atoms with van der Waals surface area (Å²) in [4.78, 5) is 0. The Morgan fingerprint density at radius 1 is 1.44 bits per heavy atom. The maximum Gasteiger partial charge on any atom is 0.0467 e. The molecular formula is C13H26N2O. The van der Waals surface area contributed by atoms with Gasteiger partial charge in [-0.2, -0.15) is 0 Å². The van der Waals surface area contributed by atoms with Crippen molar-refractivity contribution in [2.45, 2.75) is 27.2 Å². The molecule has 0 aliphatic carbocycles. The Balaban J connectivity index is 2.18. The van der Waals surface area contributed by atoms with E-state index in [1.165, 1.54) is 5.57 Å². The van der Waals surface area contributed by atoms with E-state index in [1.54, 1.807) is 12.7 Å². The normalized spacial score (nSPS) is 16.1. The van der Waals surface area contributed by atoms with Crippen LogP contribution in [0.2, 0.25) is 0 Å². The fourth-order valence-corrected chi connectivity index (χ4v) is 1.73. The lowest BCUT2D eigenvalue weighted by Crippen LogP contribution is -2.37. The fourth-order valence-electron chi connectivity index (χ4n) is 1.73. The number of ether oxygens (including phenoxy) is 1. The fraction of sp³-hybridized carbons (Fsp3) is 0.846. The van der Waals surface area contributed by atoms with E-state index in [0.29, 0.717) is 5.41 Å². The summed E-state index contributed by atoms with van der Waals surface area (Å²) in [5.74, 6) is 0. The predicted octanol–water partition coefficient (Wildman–Crippen LogP) is 1.56. The van der Waals surface area contributed by atoms with E-state index in [0.717, 1.165) is 39.2 Å². The van der Waals surface area contributed by atoms with Crippen molar-refractivity contribution in [1.82, 2.24) is 10.6 Å². The number of rotatable bonds is 7. The van der Waals surface area contributed by atoms with Crippen LogP contribution in [0.4, 0.5) is 0 Å². The van der Waals surface area contributed by atoms with E-state index in [4.69, 9.17) is 4.74 Å². The molecule has 1 fully saturated rings. The Morgan fingerprint density at radius 2 is 2.12 bits per heavy atom. The molecule has 3 heteroatoms. The molecule has 3 nitrogen and oxygen atoms in total. The Hall–Kier alpha value is -0.380. The van der Waals surface area contributed by atoms with Crippen LogP contribution in [0.1, 0.15) is 27.2 Å². The van der Waals surface area contributed by atoms with Crippen molar-refractivity contribution in [2.24, 2.45) is 5.41 Å². The summed E-state index contributed by atoms with van der Waals surface area (Å²) in [5, 5.41) is 6.82. The van der Waals surface area contributed by atoms with Gasteiger partial charge in [-0.05, 0) is 24.3 Å². The highest BCUT2D eigenvalue weighted by Gasteiger charge is 2.17. The standard InChI is InChI=1S/C13H26N2O/c1-11(12-8-14-9-12)7-15-10-13(2,3)5-6-16-4/h14-15H,5-10H2,1-4H3. The van der Waals surface area contributed by atoms with Gasteiger partial charge in [0, 0.05) is 39.9 Å². The van der Waals surface area contributed by atoms with Crippen LogP contribution in [-0.4, -0.2) is 39.9 Å². The molecule has 0 saturated carbocycles. The largest absolute Gasteiger partial charge is 0.385 e. The number of nitrogens with one attached hydrogen (secondary N) is 2. The average Bonchev–Trinajstić information content (AvgIpc) is 2.11. The Labute approximate surface area is 99.6 Å². The van der Waals surface area contributed by atoms with Crippen LogP contribution in [0.5, 0.6) is 0 Å². The van der Waals surface area contributed by atoms with E-state index in [-0.39, 0.29) is 0 Å². The molecule has 1 saturated heterocycles. The second kappa shape index (κ2) is 6.38. The quantitative estimate of drug-likeness (QED) is 0.646. The minimum Gasteiger partial charge on any atom is -0.385 e. The second-order valence-electron chi connectivity index (χ2n) is 5.50. The zero-order chi connectivity index (χ0) is 12.0. The molecule has 0 aromatic carbocycles. The first-order valence-electron chi connectivity index (χ1n) is 6.13. The first-order chi connectivity index (χ1) is 7.55. The maximum atomic E-state index is 5.12. The molecule has 0 bridgehead atoms. The van der Waals surface area contributed by atoms with Gasteiger partial charge in [-0.15, -0.1) is 0 Å². The summed E-state index contributed by atoms with van der Waals surface area (Å²) in [6.07, 6.45) is 1.10. The van der Waals surface area contributed by atoms with Crippen molar-refractivity contribution in [3.63, 3.8) is 0 Å². The van der Waals surface area contributed by atoms with Crippen LogP contribution >= 0.6 is 0 Å². The molecule has 1 rings (SSSR count). The van der Waals surface area contributed by atoms with Gasteiger partial charge < -0.3 is 15.4 Å². The van der Waals surface area contributed by atoms with E-state index in [1.807, 2.05) is 0 Å². The van der Waals surface area contributed by atoms with Crippen LogP contribution in [0.3, 0.4) is 0 Å². The first-order valence-corrected chi connectivity index (χ1v) is 6.13. The van der Waals surface area contributed by atoms with Crippen molar-refractivity contribution in [3.05, 3.63) is 11.1 Å². The highest BCUT2D eigenvalue weighted by Crippen LogP contribution is 2.18. The van der Waals surface area contributed by atoms with Crippen molar-refractivity contribution in [3.8, 4) is 0 Å². The van der Waals surface area contributed by atoms with Crippen molar-refractivity contribution in [1.29, 1.82) is 0 Å². The first kappa shape index (κ1) is 13.7. The molecule has 1 aliphatic heterocycles. The van der Waals surface area contributed by atoms with Gasteiger partial charge in [0.25, 0.3) is 0 Å². The second-order valence-corrected chi connectivity index (χ2v) is 5.50. The van der Waals surface area contributed by atoms with E-state index in [9.17, 15) is 0 Å². The summed E-state index contributed by atoms with van der Waals surface area (Å²) in [5.41, 5.74) is 3.39. The molecule has 0 spiro atoms. The highest BCUT2D eigenvalue weighted by atomic mass is 16.5. The third kappa shape index (κ3) is 4.64. The lowest BCUT2D eigenvalue weighted by molar-refractivity contribution is 0.151. The van der Waals surface area contributed by atoms with Gasteiger partial charge in [-0.3, -0.25) is 0 Å². The lowest BCUT2D eigenvalue weighted by atomic mass is 9.89. The summed E-state index contributed by atoms with van der Waals surface area (Å²) in [6.45, 7) is 11.9. The molecule has 16 heavy (non-hydrogen) atoms. The summed E-state index contributed by atoms with van der Waals surface area (Å²) in [6, 6.07) is 0. The van der Waals surface area contributed by atoms with E-state index in [2.05, 4.69) is 31.4 Å². The van der Waals surface area contributed by atoms with E-state index < -0.39 is 0 Å². The monoisotopic (exact) mass is 226 g/mol. The molecule has 0 unspecified atom stereocenters. The topological polar surface area (TPSA) is 33.3 Å². The van der Waals surface area contributed by atoms with Crippen molar-refractivity contribution >= 4 is 0 Å². The summed E-state index contributed by atoms with van der Waals surface area (Å²) < 4.78 is 5.12. The zero-order valence-corrected chi connectivity index (χ0v) is 11.2. The molecule has 1 heterocycles. The molecule has 2 N–H and O–H groups in total. The minimum absolute atomic E-state index is 0.318. The molecule has 0 amide bonds. The number of methoxy groups -OCH3 is 1. The smallest absolute Gasteiger partial charge is 0.0467 e. The maximum absolute atomic E-state index is 5.12. The Kier molecular flexibility index (Phi) is 5.46. The molecule has 0 atom stereocenters. The zero-order valence-electron chi connectivity index (χ0n) is 11.2. The van der Waals surface area contributed by atoms with Gasteiger partial charge in [0.2, 0.25) is 0 Å². The van der Waals surface area contributed by atoms with Crippen LogP contribution in [-0.2, 0) is 4.74 Å². The lowest BCUT2D eigenvalue weighted by Gasteiger charge is -2.26. The number of hydrogen-bond donors (Lipinski definition) is 2. The Morgan fingerprint density at radius 3 is 2.62 bits per heavy atom. The molecular weight excluding hydrogens is 200 g/mol. The molecule has 94 valence electrons. The minimum atomic E-state index is 0.318. The Bertz CT molecular complexity index is 240. The molecule has 1 aliphatic rings. The number of hydrogen-bond acceptors (Lipinski definition) is 3. The average molecular weight is 226 g/mol. The van der Waals surface area contributed by atoms with Gasteiger partial charge >= 0.3 is 0 Å². The van der Waals surface area contributed by atoms with Gasteiger partial charge in [-0.25, -0.2) is 0 Å². The predicted molar refractivity (Wildman–Crippen MR) is 68.7 cm³/mol. The summed E-state index contributed by atoms with van der Waals surface area (Å²) >= 11 is 0. The molecule has 0 aromatic rings. The van der Waals surface area contributed by atoms with E-state index >= 15 is 0 Å². The van der Waals surface area contributed by atoms with Crippen LogP contribution < -0.4 is 10.6 Å². The van der Waals surface area contributed by atoms with Crippen LogP contribution in [0.15, 0.2) is 11.1 Å². The highest BCUT2D eigenvalue weighted by molar-refractivity contribution is 5.22. The van der Waals surface area contributed by atoms with Crippen molar-refractivity contribution in [2.75, 3.05) is 39.9 Å². The summed E-state index contributed by atoms with van der Waals surface area (Å²) in [7, 11) is 1.77. The third-order valence-electron chi connectivity index (χ3n) is 3.26. The van der Waals surface area contributed by atoms with Gasteiger partial charge in [0.1, 0.15) is 0 Å². The van der Waals surface area contributed by atoms with Gasteiger partial charge in [0.15, 0.2) is 0 Å².